The van der Waals surface area contributed by atoms with E-state index in [0.717, 1.165) is 10.4 Å². The highest BCUT2D eigenvalue weighted by Crippen LogP contribution is 2.36. The van der Waals surface area contributed by atoms with E-state index in [0.29, 0.717) is 24.3 Å². The third-order valence-corrected chi connectivity index (χ3v) is 9.09. The number of hydrogen-bond donors (Lipinski definition) is 1. The number of aryl methyl sites for hydroxylation is 1. The summed E-state index contributed by atoms with van der Waals surface area (Å²) in [4.78, 5) is 39.4. The molecule has 0 bridgehead atoms. The lowest BCUT2D eigenvalue weighted by Gasteiger charge is -2.33. The Balaban J connectivity index is 2.17. The predicted molar refractivity (Wildman–Crippen MR) is 171 cm³/mol. The summed E-state index contributed by atoms with van der Waals surface area (Å²) < 4.78 is 39.9. The summed E-state index contributed by atoms with van der Waals surface area (Å²) in [7, 11) is -1.77. The van der Waals surface area contributed by atoms with Crippen LogP contribution < -0.4 is 19.1 Å². The van der Waals surface area contributed by atoms with Crippen LogP contribution in [0.1, 0.15) is 37.8 Å². The summed E-state index contributed by atoms with van der Waals surface area (Å²) in [5, 5.41) is 14.7. The van der Waals surface area contributed by atoms with Gasteiger partial charge in [0.2, 0.25) is 11.8 Å². The van der Waals surface area contributed by atoms with Gasteiger partial charge in [-0.15, -0.1) is 0 Å². The van der Waals surface area contributed by atoms with Crippen molar-refractivity contribution in [3.05, 3.63) is 86.9 Å². The van der Waals surface area contributed by atoms with Crippen molar-refractivity contribution in [2.75, 3.05) is 31.6 Å². The molecule has 3 aromatic rings. The minimum Gasteiger partial charge on any atom is -0.497 e. The maximum atomic E-state index is 14.3. The summed E-state index contributed by atoms with van der Waals surface area (Å²) >= 11 is 6.27. The van der Waals surface area contributed by atoms with E-state index in [1.54, 1.807) is 31.2 Å². The molecule has 0 spiro atoms. The average molecular weight is 661 g/mol. The van der Waals surface area contributed by atoms with Crippen LogP contribution in [0.25, 0.3) is 0 Å². The fraction of sp³-hybridized carbons (Fsp3) is 0.355. The summed E-state index contributed by atoms with van der Waals surface area (Å²) in [6.45, 7) is 4.75. The molecule has 14 heteroatoms. The molecule has 1 N–H and O–H groups in total. The van der Waals surface area contributed by atoms with Crippen molar-refractivity contribution in [2.45, 2.75) is 51.1 Å². The van der Waals surface area contributed by atoms with Crippen molar-refractivity contribution in [3.63, 3.8) is 0 Å². The Hall–Kier alpha value is -4.36. The molecule has 242 valence electrons. The lowest BCUT2D eigenvalue weighted by molar-refractivity contribution is -0.385. The third-order valence-electron chi connectivity index (χ3n) is 7.10. The number of anilines is 1. The van der Waals surface area contributed by atoms with Crippen LogP contribution in [-0.4, -0.2) is 63.4 Å². The van der Waals surface area contributed by atoms with Crippen LogP contribution in [0.3, 0.4) is 0 Å². The number of methoxy groups -OCH3 is 2. The van der Waals surface area contributed by atoms with E-state index in [-0.39, 0.29) is 40.9 Å². The van der Waals surface area contributed by atoms with Crippen LogP contribution in [0, 0.1) is 17.0 Å². The molecule has 0 fully saturated rings. The highest BCUT2D eigenvalue weighted by molar-refractivity contribution is 7.92. The van der Waals surface area contributed by atoms with Crippen molar-refractivity contribution in [2.24, 2.45) is 0 Å². The minimum absolute atomic E-state index is 0.0164. The molecule has 0 aliphatic heterocycles. The molecule has 3 rings (SSSR count). The molecule has 0 unspecified atom stereocenters. The first-order valence-corrected chi connectivity index (χ1v) is 16.0. The van der Waals surface area contributed by atoms with Gasteiger partial charge in [-0.25, -0.2) is 8.42 Å². The Labute approximate surface area is 268 Å². The number of nitro groups is 1. The second-order valence-electron chi connectivity index (χ2n) is 10.1. The van der Waals surface area contributed by atoms with Gasteiger partial charge in [-0.1, -0.05) is 43.6 Å². The van der Waals surface area contributed by atoms with Crippen LogP contribution in [0.5, 0.6) is 11.5 Å². The van der Waals surface area contributed by atoms with Gasteiger partial charge < -0.3 is 19.7 Å². The van der Waals surface area contributed by atoms with Gasteiger partial charge in [0, 0.05) is 29.7 Å². The van der Waals surface area contributed by atoms with Gasteiger partial charge in [0.1, 0.15) is 24.1 Å². The summed E-state index contributed by atoms with van der Waals surface area (Å²) in [5.74, 6) is -0.393. The standard InChI is InChI=1S/C31H37ClN4O8S/c1-6-16-33-31(38)26(7-2)34(19-22-9-12-24(43-4)13-10-22)30(37)20-35(28-17-23(32)11-15-29(28)44-5)45(41,42)25-14-8-21(3)27(18-25)36(39)40/h8-15,17-18,26H,6-7,16,19-20H2,1-5H3,(H,33,38)/t26-/m0/s1. The summed E-state index contributed by atoms with van der Waals surface area (Å²) in [6.07, 6.45) is 0.923. The molecule has 0 radical (unpaired) electrons. The number of nitro benzene ring substituents is 1. The SMILES string of the molecule is CCCNC(=O)[C@H](CC)N(Cc1ccc(OC)cc1)C(=O)CN(c1cc(Cl)ccc1OC)S(=O)(=O)c1ccc(C)c([N+](=O)[O-])c1. The monoisotopic (exact) mass is 660 g/mol. The lowest BCUT2D eigenvalue weighted by atomic mass is 10.1. The number of rotatable bonds is 15. The normalized spacial score (nSPS) is 11.8. The number of carbonyl (C=O) groups excluding carboxylic acids is 2. The van der Waals surface area contributed by atoms with Gasteiger partial charge in [-0.3, -0.25) is 24.0 Å². The maximum Gasteiger partial charge on any atom is 0.273 e. The van der Waals surface area contributed by atoms with E-state index < -0.39 is 44.0 Å². The van der Waals surface area contributed by atoms with Crippen molar-refractivity contribution in [1.29, 1.82) is 0 Å². The maximum absolute atomic E-state index is 14.3. The first-order chi connectivity index (χ1) is 21.4. The largest absolute Gasteiger partial charge is 0.497 e. The Morgan fingerprint density at radius 3 is 2.29 bits per heavy atom. The van der Waals surface area contributed by atoms with Crippen LogP contribution in [-0.2, 0) is 26.2 Å². The second kappa shape index (κ2) is 15.6. The fourth-order valence-corrected chi connectivity index (χ4v) is 6.26. The smallest absolute Gasteiger partial charge is 0.273 e. The second-order valence-corrected chi connectivity index (χ2v) is 12.4. The average Bonchev–Trinajstić information content (AvgIpc) is 3.02. The van der Waals surface area contributed by atoms with Crippen LogP contribution in [0.4, 0.5) is 11.4 Å². The number of halogens is 1. The fourth-order valence-electron chi connectivity index (χ4n) is 4.66. The molecule has 0 aliphatic rings. The number of hydrogen-bond acceptors (Lipinski definition) is 8. The van der Waals surface area contributed by atoms with Gasteiger partial charge in [0.25, 0.3) is 15.7 Å². The molecular weight excluding hydrogens is 624 g/mol. The molecule has 45 heavy (non-hydrogen) atoms. The molecule has 0 aromatic heterocycles. The molecule has 0 saturated heterocycles. The highest BCUT2D eigenvalue weighted by Gasteiger charge is 2.35. The molecule has 0 heterocycles. The molecule has 3 aromatic carbocycles. The van der Waals surface area contributed by atoms with Gasteiger partial charge in [0.15, 0.2) is 0 Å². The van der Waals surface area contributed by atoms with Gasteiger partial charge in [-0.2, -0.15) is 0 Å². The number of nitrogens with zero attached hydrogens (tertiary/aromatic N) is 3. The van der Waals surface area contributed by atoms with Crippen molar-refractivity contribution in [3.8, 4) is 11.5 Å². The number of benzene rings is 3. The van der Waals surface area contributed by atoms with Crippen LogP contribution >= 0.6 is 11.6 Å². The van der Waals surface area contributed by atoms with Crippen molar-refractivity contribution in [1.82, 2.24) is 10.2 Å². The van der Waals surface area contributed by atoms with E-state index in [1.165, 1.54) is 56.4 Å². The quantitative estimate of drug-likeness (QED) is 0.175. The van der Waals surface area contributed by atoms with Crippen LogP contribution in [0.15, 0.2) is 65.6 Å². The van der Waals surface area contributed by atoms with E-state index in [1.807, 2.05) is 6.92 Å². The molecule has 1 atom stereocenters. The van der Waals surface area contributed by atoms with E-state index in [4.69, 9.17) is 21.1 Å². The number of carbonyl (C=O) groups is 2. The Kier molecular flexibility index (Phi) is 12.2. The first-order valence-electron chi connectivity index (χ1n) is 14.2. The van der Waals surface area contributed by atoms with Crippen molar-refractivity contribution >= 4 is 44.8 Å². The van der Waals surface area contributed by atoms with Crippen molar-refractivity contribution < 1.29 is 32.4 Å². The Morgan fingerprint density at radius 1 is 1.02 bits per heavy atom. The predicted octanol–water partition coefficient (Wildman–Crippen LogP) is 5.10. The van der Waals surface area contributed by atoms with Crippen LogP contribution in [0.2, 0.25) is 5.02 Å². The number of nitrogens with one attached hydrogen (secondary N) is 1. The first kappa shape index (κ1) is 35.1. The van der Waals surface area contributed by atoms with Gasteiger partial charge >= 0.3 is 0 Å². The van der Waals surface area contributed by atoms with Gasteiger partial charge in [-0.05, 0) is 61.7 Å². The molecule has 0 aliphatic carbocycles. The molecule has 0 saturated carbocycles. The Bertz CT molecular complexity index is 1630. The zero-order valence-electron chi connectivity index (χ0n) is 25.8. The minimum atomic E-state index is -4.63. The van der Waals surface area contributed by atoms with E-state index in [9.17, 15) is 28.1 Å². The summed E-state index contributed by atoms with van der Waals surface area (Å²) in [5.41, 5.74) is 0.473. The summed E-state index contributed by atoms with van der Waals surface area (Å²) in [6, 6.07) is 13.8. The Morgan fingerprint density at radius 2 is 1.71 bits per heavy atom. The number of amides is 2. The molecule has 2 amide bonds. The van der Waals surface area contributed by atoms with E-state index in [2.05, 4.69) is 5.32 Å². The topological polar surface area (TPSA) is 148 Å². The zero-order valence-corrected chi connectivity index (χ0v) is 27.4. The lowest BCUT2D eigenvalue weighted by Crippen LogP contribution is -2.52. The number of ether oxygens (including phenoxy) is 2. The molecular formula is C31H37ClN4O8S. The zero-order chi connectivity index (χ0) is 33.3. The third kappa shape index (κ3) is 8.43. The van der Waals surface area contributed by atoms with E-state index >= 15 is 0 Å². The number of sulfonamides is 1. The highest BCUT2D eigenvalue weighted by atomic mass is 35.5. The molecule has 12 nitrogen and oxygen atoms in total. The van der Waals surface area contributed by atoms with Gasteiger partial charge in [0.05, 0.1) is 29.7 Å².